The lowest BCUT2D eigenvalue weighted by molar-refractivity contribution is -0.142. The van der Waals surface area contributed by atoms with Gasteiger partial charge in [-0.25, -0.2) is 9.97 Å². The van der Waals surface area contributed by atoms with Crippen molar-refractivity contribution < 1.29 is 14.3 Å². The summed E-state index contributed by atoms with van der Waals surface area (Å²) in [6.07, 6.45) is 5.22. The molecule has 0 radical (unpaired) electrons. The molecular weight excluding hydrogens is 246 g/mol. The predicted molar refractivity (Wildman–Crippen MR) is 66.9 cm³/mol. The summed E-state index contributed by atoms with van der Waals surface area (Å²) in [5, 5.41) is 3.10. The van der Waals surface area contributed by atoms with Crippen LogP contribution in [-0.4, -0.2) is 41.7 Å². The molecule has 1 aliphatic carbocycles. The minimum absolute atomic E-state index is 0.0382. The summed E-state index contributed by atoms with van der Waals surface area (Å²) in [5.74, 6) is 0.443. The van der Waals surface area contributed by atoms with Gasteiger partial charge in [0.1, 0.15) is 18.5 Å². The van der Waals surface area contributed by atoms with Crippen LogP contribution < -0.4 is 10.1 Å². The number of aryl methyl sites for hydroxylation is 1. The van der Waals surface area contributed by atoms with Crippen molar-refractivity contribution >= 4 is 5.97 Å². The van der Waals surface area contributed by atoms with Crippen LogP contribution in [0, 0.1) is 0 Å². The van der Waals surface area contributed by atoms with Crippen molar-refractivity contribution in [1.29, 1.82) is 0 Å². The molecule has 1 N–H and O–H groups in total. The predicted octanol–water partition coefficient (Wildman–Crippen LogP) is 0.248. The highest BCUT2D eigenvalue weighted by atomic mass is 16.5. The van der Waals surface area contributed by atoms with Gasteiger partial charge in [-0.15, -0.1) is 0 Å². The summed E-state index contributed by atoms with van der Waals surface area (Å²) in [6.45, 7) is 0.637. The number of nitrogens with one attached hydrogen (secondary N) is 1. The summed E-state index contributed by atoms with van der Waals surface area (Å²) in [4.78, 5) is 19.9. The average Bonchev–Trinajstić information content (AvgIpc) is 3.07. The first-order valence-corrected chi connectivity index (χ1v) is 6.58. The Bertz CT molecular complexity index is 492. The quantitative estimate of drug-likeness (QED) is 0.788. The number of ether oxygens (including phenoxy) is 2. The van der Waals surface area contributed by atoms with Gasteiger partial charge in [-0.3, -0.25) is 4.79 Å². The molecule has 0 saturated carbocycles. The molecule has 0 aromatic carbocycles. The fourth-order valence-electron chi connectivity index (χ4n) is 2.70. The van der Waals surface area contributed by atoms with Gasteiger partial charge in [-0.1, -0.05) is 0 Å². The van der Waals surface area contributed by atoms with Crippen LogP contribution in [0.5, 0.6) is 5.88 Å². The standard InChI is InChI=1S/C13H17N3O3/c1-18-13(17)11-5-8(6-14-11)19-12-9-3-2-4-10(9)15-7-16-12/h7-8,11,14H,2-6H2,1H3. The van der Waals surface area contributed by atoms with Crippen LogP contribution >= 0.6 is 0 Å². The highest BCUT2D eigenvalue weighted by Crippen LogP contribution is 2.28. The number of hydrogen-bond acceptors (Lipinski definition) is 6. The van der Waals surface area contributed by atoms with E-state index in [-0.39, 0.29) is 18.1 Å². The second kappa shape index (κ2) is 5.13. The second-order valence-electron chi connectivity index (χ2n) is 4.92. The third-order valence-electron chi connectivity index (χ3n) is 3.69. The van der Waals surface area contributed by atoms with Gasteiger partial charge in [0.2, 0.25) is 5.88 Å². The van der Waals surface area contributed by atoms with Crippen LogP contribution in [-0.2, 0) is 22.4 Å². The van der Waals surface area contributed by atoms with Crippen molar-refractivity contribution in [2.75, 3.05) is 13.7 Å². The monoisotopic (exact) mass is 263 g/mol. The molecule has 2 unspecified atom stereocenters. The lowest BCUT2D eigenvalue weighted by Crippen LogP contribution is -2.31. The van der Waals surface area contributed by atoms with Gasteiger partial charge in [0.25, 0.3) is 0 Å². The highest BCUT2D eigenvalue weighted by Gasteiger charge is 2.32. The fourth-order valence-corrected chi connectivity index (χ4v) is 2.70. The summed E-state index contributed by atoms with van der Waals surface area (Å²) in [6, 6.07) is -0.273. The number of carbonyl (C=O) groups is 1. The minimum atomic E-state index is -0.273. The molecule has 2 atom stereocenters. The van der Waals surface area contributed by atoms with Crippen molar-refractivity contribution in [3.63, 3.8) is 0 Å². The van der Waals surface area contributed by atoms with Gasteiger partial charge in [0.15, 0.2) is 0 Å². The lowest BCUT2D eigenvalue weighted by Gasteiger charge is -2.14. The van der Waals surface area contributed by atoms with Gasteiger partial charge in [0, 0.05) is 18.5 Å². The lowest BCUT2D eigenvalue weighted by atomic mass is 10.2. The number of esters is 1. The van der Waals surface area contributed by atoms with Crippen LogP contribution in [0.4, 0.5) is 0 Å². The molecule has 19 heavy (non-hydrogen) atoms. The van der Waals surface area contributed by atoms with E-state index in [1.807, 2.05) is 0 Å². The van der Waals surface area contributed by atoms with Crippen LogP contribution in [0.2, 0.25) is 0 Å². The third kappa shape index (κ3) is 2.40. The van der Waals surface area contributed by atoms with E-state index < -0.39 is 0 Å². The number of hydrogen-bond donors (Lipinski definition) is 1. The van der Waals surface area contributed by atoms with Crippen molar-refractivity contribution in [3.05, 3.63) is 17.6 Å². The molecule has 0 amide bonds. The van der Waals surface area contributed by atoms with Gasteiger partial charge in [-0.05, 0) is 19.3 Å². The Morgan fingerprint density at radius 2 is 2.32 bits per heavy atom. The molecule has 1 aromatic heterocycles. The van der Waals surface area contributed by atoms with Gasteiger partial charge >= 0.3 is 5.97 Å². The molecule has 6 heteroatoms. The maximum absolute atomic E-state index is 11.4. The Balaban J connectivity index is 1.67. The van der Waals surface area contributed by atoms with Crippen molar-refractivity contribution in [2.45, 2.75) is 37.8 Å². The molecule has 0 bridgehead atoms. The maximum atomic E-state index is 11.4. The molecule has 1 fully saturated rings. The number of nitrogens with zero attached hydrogens (tertiary/aromatic N) is 2. The van der Waals surface area contributed by atoms with E-state index in [9.17, 15) is 4.79 Å². The van der Waals surface area contributed by atoms with E-state index in [1.54, 1.807) is 6.33 Å². The Labute approximate surface area is 111 Å². The Kier molecular flexibility index (Phi) is 3.33. The van der Waals surface area contributed by atoms with Crippen molar-refractivity contribution in [2.24, 2.45) is 0 Å². The minimum Gasteiger partial charge on any atom is -0.473 e. The average molecular weight is 263 g/mol. The largest absolute Gasteiger partial charge is 0.473 e. The molecule has 2 aliphatic rings. The number of carbonyl (C=O) groups excluding carboxylic acids is 1. The first-order valence-electron chi connectivity index (χ1n) is 6.58. The zero-order valence-electron chi connectivity index (χ0n) is 10.9. The van der Waals surface area contributed by atoms with Gasteiger partial charge < -0.3 is 14.8 Å². The van der Waals surface area contributed by atoms with E-state index in [1.165, 1.54) is 7.11 Å². The third-order valence-corrected chi connectivity index (χ3v) is 3.69. The van der Waals surface area contributed by atoms with Crippen molar-refractivity contribution in [1.82, 2.24) is 15.3 Å². The Morgan fingerprint density at radius 1 is 1.42 bits per heavy atom. The normalized spacial score (nSPS) is 25.1. The van der Waals surface area contributed by atoms with Gasteiger partial charge in [-0.2, -0.15) is 0 Å². The smallest absolute Gasteiger partial charge is 0.323 e. The number of rotatable bonds is 3. The Hall–Kier alpha value is -1.69. The zero-order valence-corrected chi connectivity index (χ0v) is 10.9. The number of methoxy groups -OCH3 is 1. The SMILES string of the molecule is COC(=O)C1CC(Oc2ncnc3c2CCC3)CN1. The second-order valence-corrected chi connectivity index (χ2v) is 4.92. The molecule has 3 rings (SSSR count). The van der Waals surface area contributed by atoms with E-state index in [0.717, 1.165) is 30.5 Å². The molecule has 1 aliphatic heterocycles. The summed E-state index contributed by atoms with van der Waals surface area (Å²) < 4.78 is 10.6. The molecule has 1 saturated heterocycles. The van der Waals surface area contributed by atoms with Crippen LogP contribution in [0.3, 0.4) is 0 Å². The molecular formula is C13H17N3O3. The summed E-state index contributed by atoms with van der Waals surface area (Å²) in [7, 11) is 1.40. The Morgan fingerprint density at radius 3 is 3.16 bits per heavy atom. The van der Waals surface area contributed by atoms with Crippen molar-refractivity contribution in [3.8, 4) is 5.88 Å². The van der Waals surface area contributed by atoms with E-state index in [4.69, 9.17) is 9.47 Å². The topological polar surface area (TPSA) is 73.3 Å². The van der Waals surface area contributed by atoms with Crippen LogP contribution in [0.15, 0.2) is 6.33 Å². The summed E-state index contributed by atoms with van der Waals surface area (Å²) >= 11 is 0. The van der Waals surface area contributed by atoms with E-state index in [2.05, 4.69) is 15.3 Å². The van der Waals surface area contributed by atoms with Crippen LogP contribution in [0.25, 0.3) is 0 Å². The van der Waals surface area contributed by atoms with E-state index >= 15 is 0 Å². The first kappa shape index (κ1) is 12.3. The highest BCUT2D eigenvalue weighted by molar-refractivity contribution is 5.76. The fraction of sp³-hybridized carbons (Fsp3) is 0.615. The maximum Gasteiger partial charge on any atom is 0.323 e. The van der Waals surface area contributed by atoms with E-state index in [0.29, 0.717) is 18.8 Å². The molecule has 0 spiro atoms. The summed E-state index contributed by atoms with van der Waals surface area (Å²) in [5.41, 5.74) is 2.23. The molecule has 102 valence electrons. The first-order chi connectivity index (χ1) is 9.28. The zero-order chi connectivity index (χ0) is 13.2. The number of fused-ring (bicyclic) bond motifs is 1. The number of aromatic nitrogens is 2. The van der Waals surface area contributed by atoms with Gasteiger partial charge in [0.05, 0.1) is 12.8 Å². The molecule has 6 nitrogen and oxygen atoms in total. The molecule has 2 heterocycles. The molecule has 1 aromatic rings. The van der Waals surface area contributed by atoms with Crippen LogP contribution in [0.1, 0.15) is 24.1 Å².